The molecular weight excluding hydrogens is 226 g/mol. The summed E-state index contributed by atoms with van der Waals surface area (Å²) in [6.07, 6.45) is 4.81. The SMILES string of the molecule is COCc1cncn1-c1cccc2c1CNCC2. The first-order chi connectivity index (χ1) is 8.90. The van der Waals surface area contributed by atoms with Crippen LogP contribution in [0.4, 0.5) is 0 Å². The predicted molar refractivity (Wildman–Crippen MR) is 69.7 cm³/mol. The summed E-state index contributed by atoms with van der Waals surface area (Å²) in [5.74, 6) is 0. The number of hydrogen-bond donors (Lipinski definition) is 1. The molecule has 0 saturated carbocycles. The second-order valence-corrected chi connectivity index (χ2v) is 4.53. The van der Waals surface area contributed by atoms with Gasteiger partial charge in [-0.05, 0) is 30.2 Å². The monoisotopic (exact) mass is 243 g/mol. The smallest absolute Gasteiger partial charge is 0.0995 e. The molecule has 2 aromatic rings. The Morgan fingerprint density at radius 2 is 2.39 bits per heavy atom. The van der Waals surface area contributed by atoms with Crippen molar-refractivity contribution in [3.63, 3.8) is 0 Å². The summed E-state index contributed by atoms with van der Waals surface area (Å²) in [5.41, 5.74) is 5.10. The van der Waals surface area contributed by atoms with Crippen LogP contribution in [0.5, 0.6) is 0 Å². The van der Waals surface area contributed by atoms with E-state index in [9.17, 15) is 0 Å². The molecule has 2 heterocycles. The van der Waals surface area contributed by atoms with Crippen molar-refractivity contribution in [1.82, 2.24) is 14.9 Å². The molecule has 1 aliphatic heterocycles. The lowest BCUT2D eigenvalue weighted by Gasteiger charge is -2.21. The number of methoxy groups -OCH3 is 1. The zero-order valence-electron chi connectivity index (χ0n) is 10.5. The quantitative estimate of drug-likeness (QED) is 0.891. The van der Waals surface area contributed by atoms with Crippen LogP contribution in [0.3, 0.4) is 0 Å². The Morgan fingerprint density at radius 3 is 3.28 bits per heavy atom. The fraction of sp³-hybridized carbons (Fsp3) is 0.357. The van der Waals surface area contributed by atoms with Gasteiger partial charge in [0, 0.05) is 13.7 Å². The molecule has 18 heavy (non-hydrogen) atoms. The van der Waals surface area contributed by atoms with Crippen LogP contribution in [0.15, 0.2) is 30.7 Å². The topological polar surface area (TPSA) is 39.1 Å². The molecule has 1 N–H and O–H groups in total. The highest BCUT2D eigenvalue weighted by Crippen LogP contribution is 2.23. The largest absolute Gasteiger partial charge is 0.378 e. The molecule has 1 aromatic carbocycles. The normalized spacial score (nSPS) is 14.5. The molecular formula is C14H17N3O. The van der Waals surface area contributed by atoms with Gasteiger partial charge >= 0.3 is 0 Å². The lowest BCUT2D eigenvalue weighted by molar-refractivity contribution is 0.180. The summed E-state index contributed by atoms with van der Waals surface area (Å²) < 4.78 is 7.34. The molecule has 0 aliphatic carbocycles. The average molecular weight is 243 g/mol. The zero-order valence-corrected chi connectivity index (χ0v) is 10.5. The van der Waals surface area contributed by atoms with Crippen LogP contribution < -0.4 is 5.32 Å². The molecule has 3 rings (SSSR count). The summed E-state index contributed by atoms with van der Waals surface area (Å²) in [5, 5.41) is 3.43. The van der Waals surface area contributed by atoms with E-state index in [0.29, 0.717) is 6.61 Å². The number of fused-ring (bicyclic) bond motifs is 1. The Morgan fingerprint density at radius 1 is 1.44 bits per heavy atom. The van der Waals surface area contributed by atoms with Crippen molar-refractivity contribution in [2.75, 3.05) is 13.7 Å². The summed E-state index contributed by atoms with van der Waals surface area (Å²) in [6.45, 7) is 2.57. The van der Waals surface area contributed by atoms with Crippen LogP contribution in [0.1, 0.15) is 16.8 Å². The highest BCUT2D eigenvalue weighted by atomic mass is 16.5. The van der Waals surface area contributed by atoms with Crippen molar-refractivity contribution in [3.05, 3.63) is 47.5 Å². The fourth-order valence-corrected chi connectivity index (χ4v) is 2.52. The van der Waals surface area contributed by atoms with E-state index in [1.165, 1.54) is 16.8 Å². The molecule has 4 nitrogen and oxygen atoms in total. The summed E-state index contributed by atoms with van der Waals surface area (Å²) in [4.78, 5) is 4.23. The molecule has 1 aromatic heterocycles. The van der Waals surface area contributed by atoms with Crippen LogP contribution in [-0.2, 0) is 24.3 Å². The first-order valence-corrected chi connectivity index (χ1v) is 6.22. The van der Waals surface area contributed by atoms with Crippen LogP contribution in [0, 0.1) is 0 Å². The van der Waals surface area contributed by atoms with Gasteiger partial charge in [0.2, 0.25) is 0 Å². The third-order valence-electron chi connectivity index (χ3n) is 3.39. The minimum atomic E-state index is 0.580. The number of imidazole rings is 1. The summed E-state index contributed by atoms with van der Waals surface area (Å²) in [6, 6.07) is 6.48. The van der Waals surface area contributed by atoms with Crippen LogP contribution in [0.2, 0.25) is 0 Å². The molecule has 94 valence electrons. The van der Waals surface area contributed by atoms with Gasteiger partial charge in [0.25, 0.3) is 0 Å². The highest BCUT2D eigenvalue weighted by molar-refractivity contribution is 5.48. The van der Waals surface area contributed by atoms with Gasteiger partial charge in [-0.15, -0.1) is 0 Å². The van der Waals surface area contributed by atoms with E-state index in [1.54, 1.807) is 7.11 Å². The van der Waals surface area contributed by atoms with Gasteiger partial charge in [-0.1, -0.05) is 12.1 Å². The lowest BCUT2D eigenvalue weighted by Crippen LogP contribution is -2.25. The van der Waals surface area contributed by atoms with E-state index in [4.69, 9.17) is 4.74 Å². The predicted octanol–water partition coefficient (Wildman–Crippen LogP) is 1.66. The molecule has 0 saturated heterocycles. The van der Waals surface area contributed by atoms with Gasteiger partial charge in [-0.3, -0.25) is 0 Å². The van der Waals surface area contributed by atoms with Crippen molar-refractivity contribution in [1.29, 1.82) is 0 Å². The molecule has 0 amide bonds. The van der Waals surface area contributed by atoms with Crippen molar-refractivity contribution < 1.29 is 4.74 Å². The molecule has 0 unspecified atom stereocenters. The fourth-order valence-electron chi connectivity index (χ4n) is 2.52. The van der Waals surface area contributed by atoms with E-state index < -0.39 is 0 Å². The lowest BCUT2D eigenvalue weighted by atomic mass is 9.99. The zero-order chi connectivity index (χ0) is 12.4. The number of benzene rings is 1. The number of rotatable bonds is 3. The minimum Gasteiger partial charge on any atom is -0.378 e. The first kappa shape index (κ1) is 11.4. The standard InChI is InChI=1S/C14H17N3O/c1-18-9-12-7-16-10-17(12)14-4-2-3-11-5-6-15-8-13(11)14/h2-4,7,10,15H,5-6,8-9H2,1H3. The second kappa shape index (κ2) is 4.92. The van der Waals surface area contributed by atoms with E-state index in [1.807, 2.05) is 12.5 Å². The van der Waals surface area contributed by atoms with Crippen LogP contribution >= 0.6 is 0 Å². The van der Waals surface area contributed by atoms with Crippen molar-refractivity contribution in [3.8, 4) is 5.69 Å². The second-order valence-electron chi connectivity index (χ2n) is 4.53. The summed E-state index contributed by atoms with van der Waals surface area (Å²) in [7, 11) is 1.71. The van der Waals surface area contributed by atoms with E-state index in [0.717, 1.165) is 25.2 Å². The van der Waals surface area contributed by atoms with E-state index in [-0.39, 0.29) is 0 Å². The minimum absolute atomic E-state index is 0.580. The number of nitrogens with one attached hydrogen (secondary N) is 1. The van der Waals surface area contributed by atoms with Crippen molar-refractivity contribution >= 4 is 0 Å². The van der Waals surface area contributed by atoms with Crippen LogP contribution in [-0.4, -0.2) is 23.2 Å². The first-order valence-electron chi connectivity index (χ1n) is 6.22. The Balaban J connectivity index is 2.08. The number of hydrogen-bond acceptors (Lipinski definition) is 3. The molecule has 4 heteroatoms. The van der Waals surface area contributed by atoms with Gasteiger partial charge in [0.05, 0.1) is 30.5 Å². The molecule has 0 atom stereocenters. The van der Waals surface area contributed by atoms with Gasteiger partial charge in [0.1, 0.15) is 0 Å². The van der Waals surface area contributed by atoms with Gasteiger partial charge in [0.15, 0.2) is 0 Å². The van der Waals surface area contributed by atoms with Crippen LogP contribution in [0.25, 0.3) is 5.69 Å². The average Bonchev–Trinajstić information content (AvgIpc) is 2.87. The third kappa shape index (κ3) is 1.94. The molecule has 0 spiro atoms. The maximum atomic E-state index is 5.22. The number of nitrogens with zero attached hydrogens (tertiary/aromatic N) is 2. The Labute approximate surface area is 107 Å². The van der Waals surface area contributed by atoms with Crippen molar-refractivity contribution in [2.24, 2.45) is 0 Å². The van der Waals surface area contributed by atoms with E-state index >= 15 is 0 Å². The van der Waals surface area contributed by atoms with Gasteiger partial charge < -0.3 is 14.6 Å². The number of ether oxygens (including phenoxy) is 1. The third-order valence-corrected chi connectivity index (χ3v) is 3.39. The molecule has 0 fully saturated rings. The molecule has 0 bridgehead atoms. The van der Waals surface area contributed by atoms with Gasteiger partial charge in [-0.25, -0.2) is 4.98 Å². The summed E-state index contributed by atoms with van der Waals surface area (Å²) >= 11 is 0. The Kier molecular flexibility index (Phi) is 3.13. The van der Waals surface area contributed by atoms with Gasteiger partial charge in [-0.2, -0.15) is 0 Å². The molecule has 0 radical (unpaired) electrons. The highest BCUT2D eigenvalue weighted by Gasteiger charge is 2.15. The Hall–Kier alpha value is -1.65. The Bertz CT molecular complexity index is 548. The maximum absolute atomic E-state index is 5.22. The van der Waals surface area contributed by atoms with E-state index in [2.05, 4.69) is 33.1 Å². The molecule has 1 aliphatic rings. The maximum Gasteiger partial charge on any atom is 0.0995 e. The number of aromatic nitrogens is 2. The van der Waals surface area contributed by atoms with Crippen molar-refractivity contribution in [2.45, 2.75) is 19.6 Å².